The largest absolute Gasteiger partial charge is 0.493 e. The minimum atomic E-state index is -0.128. The van der Waals surface area contributed by atoms with Crippen molar-refractivity contribution in [2.45, 2.75) is 13.5 Å². The number of anilines is 1. The number of nitrogens with zero attached hydrogens (tertiary/aromatic N) is 1. The quantitative estimate of drug-likeness (QED) is 0.517. The zero-order valence-corrected chi connectivity index (χ0v) is 16.7. The average molecular weight is 389 g/mol. The number of H-pyrrole nitrogens is 1. The maximum absolute atomic E-state index is 12.6. The first kappa shape index (κ1) is 18.7. The highest BCUT2D eigenvalue weighted by Crippen LogP contribution is 2.31. The molecule has 0 spiro atoms. The van der Waals surface area contributed by atoms with E-state index in [1.165, 1.54) is 0 Å². The fraction of sp³-hybridized carbons (Fsp3) is 0.174. The number of ether oxygens (including phenoxy) is 2. The zero-order chi connectivity index (χ0) is 20.4. The van der Waals surface area contributed by atoms with Crippen LogP contribution in [0.3, 0.4) is 0 Å². The summed E-state index contributed by atoms with van der Waals surface area (Å²) >= 11 is 0. The van der Waals surface area contributed by atoms with Gasteiger partial charge in [0.1, 0.15) is 0 Å². The number of fused-ring (bicyclic) bond motifs is 1. The first-order valence-corrected chi connectivity index (χ1v) is 9.35. The van der Waals surface area contributed by atoms with Crippen LogP contribution in [0.4, 0.5) is 5.69 Å². The van der Waals surface area contributed by atoms with E-state index in [-0.39, 0.29) is 5.56 Å². The molecule has 0 aliphatic carbocycles. The van der Waals surface area contributed by atoms with Gasteiger partial charge in [0.05, 0.1) is 19.7 Å². The number of hydrogen-bond donors (Lipinski definition) is 2. The molecule has 4 rings (SSSR count). The normalized spacial score (nSPS) is 10.9. The molecule has 0 radical (unpaired) electrons. The lowest BCUT2D eigenvalue weighted by Gasteiger charge is -2.13. The van der Waals surface area contributed by atoms with Crippen LogP contribution in [0.1, 0.15) is 11.1 Å². The van der Waals surface area contributed by atoms with Gasteiger partial charge in [-0.05, 0) is 48.9 Å². The Kier molecular flexibility index (Phi) is 4.99. The third kappa shape index (κ3) is 3.69. The molecule has 2 heterocycles. The highest BCUT2D eigenvalue weighted by Gasteiger charge is 2.10. The van der Waals surface area contributed by atoms with E-state index in [2.05, 4.69) is 28.5 Å². The van der Waals surface area contributed by atoms with Gasteiger partial charge in [0.2, 0.25) is 0 Å². The summed E-state index contributed by atoms with van der Waals surface area (Å²) < 4.78 is 12.7. The van der Waals surface area contributed by atoms with Crippen LogP contribution >= 0.6 is 0 Å². The molecule has 2 N–H and O–H groups in total. The molecule has 0 unspecified atom stereocenters. The number of nitrogens with one attached hydrogen (secondary N) is 2. The topological polar surface area (TPSA) is 68.3 Å². The van der Waals surface area contributed by atoms with Gasteiger partial charge < -0.3 is 24.3 Å². The highest BCUT2D eigenvalue weighted by atomic mass is 16.5. The van der Waals surface area contributed by atoms with Gasteiger partial charge in [-0.15, -0.1) is 0 Å². The van der Waals surface area contributed by atoms with E-state index in [9.17, 15) is 4.79 Å². The number of aromatic nitrogens is 2. The zero-order valence-electron chi connectivity index (χ0n) is 16.7. The Balaban J connectivity index is 1.64. The van der Waals surface area contributed by atoms with Gasteiger partial charge in [0.25, 0.3) is 5.56 Å². The molecule has 0 bridgehead atoms. The van der Waals surface area contributed by atoms with Crippen molar-refractivity contribution in [3.05, 3.63) is 82.4 Å². The van der Waals surface area contributed by atoms with Gasteiger partial charge in [-0.25, -0.2) is 0 Å². The molecule has 2 aromatic carbocycles. The smallest absolute Gasteiger partial charge is 0.253 e. The van der Waals surface area contributed by atoms with E-state index in [0.29, 0.717) is 29.1 Å². The molecular weight excluding hydrogens is 366 g/mol. The van der Waals surface area contributed by atoms with Gasteiger partial charge in [-0.3, -0.25) is 4.79 Å². The third-order valence-corrected chi connectivity index (χ3v) is 5.02. The summed E-state index contributed by atoms with van der Waals surface area (Å²) in [4.78, 5) is 15.5. The molecule has 0 aliphatic heterocycles. The van der Waals surface area contributed by atoms with Crippen LogP contribution in [0, 0.1) is 6.92 Å². The van der Waals surface area contributed by atoms with E-state index in [0.717, 1.165) is 22.3 Å². The maximum Gasteiger partial charge on any atom is 0.253 e. The molecule has 4 aromatic rings. The van der Waals surface area contributed by atoms with E-state index >= 15 is 0 Å². The van der Waals surface area contributed by atoms with Gasteiger partial charge in [-0.2, -0.15) is 0 Å². The second-order valence-corrected chi connectivity index (χ2v) is 6.86. The molecule has 0 saturated heterocycles. The van der Waals surface area contributed by atoms with Crippen LogP contribution in [0.15, 0.2) is 65.7 Å². The van der Waals surface area contributed by atoms with E-state index in [1.807, 2.05) is 48.1 Å². The molecular formula is C23H23N3O3. The van der Waals surface area contributed by atoms with Gasteiger partial charge in [0.15, 0.2) is 11.5 Å². The molecule has 0 atom stereocenters. The molecule has 6 nitrogen and oxygen atoms in total. The molecule has 0 saturated carbocycles. The molecule has 2 aromatic heterocycles. The number of rotatable bonds is 6. The number of hydrogen-bond acceptors (Lipinski definition) is 4. The predicted molar refractivity (Wildman–Crippen MR) is 116 cm³/mol. The van der Waals surface area contributed by atoms with Crippen molar-refractivity contribution in [2.75, 3.05) is 19.5 Å². The number of pyridine rings is 1. The summed E-state index contributed by atoms with van der Waals surface area (Å²) in [5.74, 6) is 1.21. The van der Waals surface area contributed by atoms with E-state index < -0.39 is 0 Å². The van der Waals surface area contributed by atoms with E-state index in [1.54, 1.807) is 20.3 Å². The highest BCUT2D eigenvalue weighted by molar-refractivity contribution is 5.83. The molecule has 6 heteroatoms. The summed E-state index contributed by atoms with van der Waals surface area (Å²) in [6, 6.07) is 15.7. The molecule has 0 amide bonds. The Morgan fingerprint density at radius 3 is 2.45 bits per heavy atom. The fourth-order valence-corrected chi connectivity index (χ4v) is 3.37. The lowest BCUT2D eigenvalue weighted by atomic mass is 10.1. The molecule has 29 heavy (non-hydrogen) atoms. The lowest BCUT2D eigenvalue weighted by Crippen LogP contribution is -2.16. The van der Waals surface area contributed by atoms with Crippen LogP contribution < -0.4 is 20.3 Å². The Bertz CT molecular complexity index is 1210. The summed E-state index contributed by atoms with van der Waals surface area (Å²) in [6.45, 7) is 2.46. The SMILES string of the molecule is COc1cc2cc(CNc3cc(-n4cccc4)ccc3C)c(=O)[nH]c2cc1OC. The standard InChI is InChI=1S/C23H23N3O3/c1-15-6-7-18(26-8-4-5-9-26)12-19(15)24-14-17-10-16-11-21(28-2)22(29-3)13-20(16)25-23(17)27/h4-13,24H,14H2,1-3H3,(H,25,27). The van der Waals surface area contributed by atoms with Crippen molar-refractivity contribution in [3.8, 4) is 17.2 Å². The Labute approximate surface area is 168 Å². The second kappa shape index (κ2) is 7.75. The maximum atomic E-state index is 12.6. The minimum absolute atomic E-state index is 0.128. The number of aromatic amines is 1. The summed E-state index contributed by atoms with van der Waals surface area (Å²) in [5.41, 5.74) is 4.40. The second-order valence-electron chi connectivity index (χ2n) is 6.86. The van der Waals surface area contributed by atoms with Crippen molar-refractivity contribution in [3.63, 3.8) is 0 Å². The van der Waals surface area contributed by atoms with Gasteiger partial charge in [0, 0.05) is 47.3 Å². The van der Waals surface area contributed by atoms with Gasteiger partial charge in [-0.1, -0.05) is 6.07 Å². The Morgan fingerprint density at radius 2 is 1.72 bits per heavy atom. The number of methoxy groups -OCH3 is 2. The fourth-order valence-electron chi connectivity index (χ4n) is 3.37. The van der Waals surface area contributed by atoms with Crippen LogP contribution in [0.5, 0.6) is 11.5 Å². The van der Waals surface area contributed by atoms with E-state index in [4.69, 9.17) is 9.47 Å². The minimum Gasteiger partial charge on any atom is -0.493 e. The van der Waals surface area contributed by atoms with Crippen molar-refractivity contribution in [1.29, 1.82) is 0 Å². The third-order valence-electron chi connectivity index (χ3n) is 5.02. The monoisotopic (exact) mass is 389 g/mol. The number of aryl methyl sites for hydroxylation is 1. The first-order chi connectivity index (χ1) is 14.1. The van der Waals surface area contributed by atoms with Crippen LogP contribution in [0.2, 0.25) is 0 Å². The van der Waals surface area contributed by atoms with Crippen molar-refractivity contribution >= 4 is 16.6 Å². The van der Waals surface area contributed by atoms with Gasteiger partial charge >= 0.3 is 0 Å². The summed E-state index contributed by atoms with van der Waals surface area (Å²) in [6.07, 6.45) is 4.01. The Hall–Kier alpha value is -3.67. The van der Waals surface area contributed by atoms with Crippen LogP contribution in [-0.2, 0) is 6.54 Å². The summed E-state index contributed by atoms with van der Waals surface area (Å²) in [5, 5.41) is 4.28. The lowest BCUT2D eigenvalue weighted by molar-refractivity contribution is 0.356. The number of benzene rings is 2. The van der Waals surface area contributed by atoms with Crippen LogP contribution in [0.25, 0.3) is 16.6 Å². The average Bonchev–Trinajstić information content (AvgIpc) is 3.27. The van der Waals surface area contributed by atoms with Crippen molar-refractivity contribution in [2.24, 2.45) is 0 Å². The Morgan fingerprint density at radius 1 is 1.00 bits per heavy atom. The predicted octanol–water partition coefficient (Wildman–Crippen LogP) is 4.26. The van der Waals surface area contributed by atoms with Crippen LogP contribution in [-0.4, -0.2) is 23.8 Å². The molecule has 0 fully saturated rings. The summed E-state index contributed by atoms with van der Waals surface area (Å²) in [7, 11) is 3.17. The van der Waals surface area contributed by atoms with Crippen molar-refractivity contribution < 1.29 is 9.47 Å². The molecule has 0 aliphatic rings. The first-order valence-electron chi connectivity index (χ1n) is 9.35. The van der Waals surface area contributed by atoms with Crippen molar-refractivity contribution in [1.82, 2.24) is 9.55 Å². The molecule has 148 valence electrons.